The Kier molecular flexibility index (Phi) is 1.72. The molecule has 67 valence electrons. The zero-order valence-corrected chi connectivity index (χ0v) is 7.50. The van der Waals surface area contributed by atoms with Crippen molar-refractivity contribution in [2.45, 2.75) is 12.8 Å². The first-order valence-corrected chi connectivity index (χ1v) is 4.29. The molecular formula is C10H11N2O. The summed E-state index contributed by atoms with van der Waals surface area (Å²) in [6.45, 7) is 0. The smallest absolute Gasteiger partial charge is 0.227 e. The van der Waals surface area contributed by atoms with E-state index in [2.05, 4.69) is 0 Å². The van der Waals surface area contributed by atoms with Crippen LogP contribution in [-0.4, -0.2) is 13.0 Å². The van der Waals surface area contributed by atoms with Crippen molar-refractivity contribution in [1.29, 1.82) is 0 Å². The van der Waals surface area contributed by atoms with Crippen molar-refractivity contribution < 1.29 is 4.79 Å². The molecule has 0 unspecified atom stereocenters. The fourth-order valence-electron chi connectivity index (χ4n) is 1.66. The van der Waals surface area contributed by atoms with Gasteiger partial charge in [-0.1, -0.05) is 0 Å². The molecule has 1 aromatic carbocycles. The topological polar surface area (TPSA) is 44.1 Å². The lowest BCUT2D eigenvalue weighted by atomic mass is 10.0. The highest BCUT2D eigenvalue weighted by molar-refractivity contribution is 5.96. The van der Waals surface area contributed by atoms with Crippen molar-refractivity contribution in [3.63, 3.8) is 0 Å². The Morgan fingerprint density at radius 2 is 2.15 bits per heavy atom. The van der Waals surface area contributed by atoms with Gasteiger partial charge in [0.25, 0.3) is 0 Å². The number of aryl methyl sites for hydroxylation is 1. The summed E-state index contributed by atoms with van der Waals surface area (Å²) in [6.07, 6.45) is 1.33. The van der Waals surface area contributed by atoms with Gasteiger partial charge < -0.3 is 10.6 Å². The Hall–Kier alpha value is -1.51. The molecule has 3 heteroatoms. The average molecular weight is 175 g/mol. The number of carbonyl (C=O) groups excluding carboxylic acids is 1. The molecule has 1 radical (unpaired) electrons. The molecule has 0 aromatic heterocycles. The number of fused-ring (bicyclic) bond motifs is 1. The highest BCUT2D eigenvalue weighted by atomic mass is 16.2. The number of benzene rings is 1. The van der Waals surface area contributed by atoms with Crippen LogP contribution < -0.4 is 10.6 Å². The number of nitrogens with zero attached hydrogens (tertiary/aromatic N) is 1. The molecular weight excluding hydrogens is 164 g/mol. The molecule has 1 aliphatic heterocycles. The van der Waals surface area contributed by atoms with Gasteiger partial charge in [-0.25, -0.2) is 0 Å². The number of hydrogen-bond acceptors (Lipinski definition) is 1. The number of carbonyl (C=O) groups is 1. The van der Waals surface area contributed by atoms with Crippen LogP contribution in [0.5, 0.6) is 0 Å². The van der Waals surface area contributed by atoms with E-state index in [9.17, 15) is 4.79 Å². The largest absolute Gasteiger partial charge is 0.315 e. The van der Waals surface area contributed by atoms with Gasteiger partial charge in [0.15, 0.2) is 0 Å². The van der Waals surface area contributed by atoms with Gasteiger partial charge in [-0.3, -0.25) is 4.79 Å². The Labute approximate surface area is 77.1 Å². The lowest BCUT2D eigenvalue weighted by molar-refractivity contribution is -0.118. The molecule has 0 saturated carbocycles. The van der Waals surface area contributed by atoms with Crippen LogP contribution in [0.4, 0.5) is 11.4 Å². The summed E-state index contributed by atoms with van der Waals surface area (Å²) >= 11 is 0. The summed E-state index contributed by atoms with van der Waals surface area (Å²) < 4.78 is 0. The molecule has 1 heterocycles. The van der Waals surface area contributed by atoms with E-state index in [-0.39, 0.29) is 5.91 Å². The maximum atomic E-state index is 11.3. The van der Waals surface area contributed by atoms with Crippen LogP contribution in [0.1, 0.15) is 12.0 Å². The number of anilines is 1. The predicted octanol–water partition coefficient (Wildman–Crippen LogP) is 1.51. The molecule has 0 fully saturated rings. The quantitative estimate of drug-likeness (QED) is 0.589. The third-order valence-electron chi connectivity index (χ3n) is 2.42. The van der Waals surface area contributed by atoms with Gasteiger partial charge >= 0.3 is 0 Å². The highest BCUT2D eigenvalue weighted by Gasteiger charge is 2.20. The third kappa shape index (κ3) is 1.26. The van der Waals surface area contributed by atoms with E-state index in [1.54, 1.807) is 18.0 Å². The van der Waals surface area contributed by atoms with Crippen LogP contribution in [-0.2, 0) is 11.2 Å². The van der Waals surface area contributed by atoms with Crippen LogP contribution in [0.3, 0.4) is 0 Å². The molecule has 13 heavy (non-hydrogen) atoms. The molecule has 0 aliphatic carbocycles. The van der Waals surface area contributed by atoms with E-state index in [4.69, 9.17) is 5.73 Å². The van der Waals surface area contributed by atoms with Gasteiger partial charge in [0.05, 0.1) is 5.69 Å². The maximum Gasteiger partial charge on any atom is 0.227 e. The average Bonchev–Trinajstić information content (AvgIpc) is 2.12. The van der Waals surface area contributed by atoms with Gasteiger partial charge in [-0.15, -0.1) is 0 Å². The molecule has 1 amide bonds. The summed E-state index contributed by atoms with van der Waals surface area (Å²) in [5, 5.41) is 0. The Morgan fingerprint density at radius 1 is 1.38 bits per heavy atom. The summed E-state index contributed by atoms with van der Waals surface area (Å²) in [4.78, 5) is 13.0. The number of nitrogens with one attached hydrogen (secondary N) is 1. The van der Waals surface area contributed by atoms with Crippen molar-refractivity contribution >= 4 is 17.3 Å². The Balaban J connectivity index is 2.49. The monoisotopic (exact) mass is 175 g/mol. The molecule has 3 nitrogen and oxygen atoms in total. The number of rotatable bonds is 0. The van der Waals surface area contributed by atoms with Crippen molar-refractivity contribution in [2.24, 2.45) is 0 Å². The van der Waals surface area contributed by atoms with Crippen LogP contribution in [0, 0.1) is 0 Å². The van der Waals surface area contributed by atoms with E-state index in [0.29, 0.717) is 12.1 Å². The molecule has 0 bridgehead atoms. The van der Waals surface area contributed by atoms with Gasteiger partial charge in [-0.2, -0.15) is 0 Å². The van der Waals surface area contributed by atoms with E-state index >= 15 is 0 Å². The first-order valence-electron chi connectivity index (χ1n) is 4.29. The predicted molar refractivity (Wildman–Crippen MR) is 50.9 cm³/mol. The Morgan fingerprint density at radius 3 is 2.92 bits per heavy atom. The van der Waals surface area contributed by atoms with Gasteiger partial charge in [0, 0.05) is 19.2 Å². The van der Waals surface area contributed by atoms with Crippen molar-refractivity contribution in [3.8, 4) is 0 Å². The zero-order chi connectivity index (χ0) is 9.42. The molecule has 0 atom stereocenters. The van der Waals surface area contributed by atoms with E-state index in [0.717, 1.165) is 17.7 Å². The van der Waals surface area contributed by atoms with Gasteiger partial charge in [0.1, 0.15) is 0 Å². The van der Waals surface area contributed by atoms with E-state index in [1.165, 1.54) is 0 Å². The molecule has 1 N–H and O–H groups in total. The second kappa shape index (κ2) is 2.76. The molecule has 0 saturated heterocycles. The lowest BCUT2D eigenvalue weighted by Gasteiger charge is -2.25. The molecule has 2 rings (SSSR count). The highest BCUT2D eigenvalue weighted by Crippen LogP contribution is 2.28. The van der Waals surface area contributed by atoms with E-state index in [1.807, 2.05) is 12.1 Å². The minimum absolute atomic E-state index is 0.158. The van der Waals surface area contributed by atoms with Crippen molar-refractivity contribution in [3.05, 3.63) is 23.8 Å². The zero-order valence-electron chi connectivity index (χ0n) is 7.50. The van der Waals surface area contributed by atoms with Gasteiger partial charge in [-0.05, 0) is 30.2 Å². The third-order valence-corrected chi connectivity index (χ3v) is 2.42. The SMILES string of the molecule is CN1C(=O)CCc2cc([NH])ccc21. The second-order valence-electron chi connectivity index (χ2n) is 3.30. The van der Waals surface area contributed by atoms with Crippen LogP contribution in [0.15, 0.2) is 18.2 Å². The maximum absolute atomic E-state index is 11.3. The molecule has 1 aromatic rings. The lowest BCUT2D eigenvalue weighted by Crippen LogP contribution is -2.30. The number of hydrogen-bond donors (Lipinski definition) is 0. The second-order valence-corrected chi connectivity index (χ2v) is 3.30. The normalized spacial score (nSPS) is 15.8. The van der Waals surface area contributed by atoms with E-state index < -0.39 is 0 Å². The van der Waals surface area contributed by atoms with Crippen LogP contribution in [0.2, 0.25) is 0 Å². The fraction of sp³-hybridized carbons (Fsp3) is 0.300. The van der Waals surface area contributed by atoms with Crippen LogP contribution >= 0.6 is 0 Å². The molecule has 0 spiro atoms. The van der Waals surface area contributed by atoms with Crippen molar-refractivity contribution in [1.82, 2.24) is 5.73 Å². The van der Waals surface area contributed by atoms with Crippen LogP contribution in [0.25, 0.3) is 0 Å². The minimum atomic E-state index is 0.158. The summed E-state index contributed by atoms with van der Waals surface area (Å²) in [5.74, 6) is 0.158. The van der Waals surface area contributed by atoms with Gasteiger partial charge in [0.2, 0.25) is 5.91 Å². The first kappa shape index (κ1) is 8.10. The summed E-state index contributed by atoms with van der Waals surface area (Å²) in [5.41, 5.74) is 10.0. The fourth-order valence-corrected chi connectivity index (χ4v) is 1.66. The first-order chi connectivity index (χ1) is 6.18. The summed E-state index contributed by atoms with van der Waals surface area (Å²) in [6, 6.07) is 5.39. The summed E-state index contributed by atoms with van der Waals surface area (Å²) in [7, 11) is 1.78. The standard InChI is InChI=1S/C10H11N2O/c1-12-9-4-3-8(11)6-7(9)2-5-10(12)13/h3-4,6,11H,2,5H2,1H3. The molecule has 1 aliphatic rings. The van der Waals surface area contributed by atoms with Crippen molar-refractivity contribution in [2.75, 3.05) is 11.9 Å². The minimum Gasteiger partial charge on any atom is -0.315 e. The Bertz CT molecular complexity index is 360. The number of amides is 1.